The summed E-state index contributed by atoms with van der Waals surface area (Å²) in [6.45, 7) is 2.21. The summed E-state index contributed by atoms with van der Waals surface area (Å²) in [6, 6.07) is 18.8. The third kappa shape index (κ3) is 2.67. The van der Waals surface area contributed by atoms with E-state index in [0.717, 1.165) is 11.3 Å². The fourth-order valence-electron chi connectivity index (χ4n) is 2.86. The van der Waals surface area contributed by atoms with Gasteiger partial charge in [0, 0.05) is 6.04 Å². The van der Waals surface area contributed by atoms with Crippen LogP contribution in [0.3, 0.4) is 0 Å². The van der Waals surface area contributed by atoms with Gasteiger partial charge in [0.05, 0.1) is 7.11 Å². The summed E-state index contributed by atoms with van der Waals surface area (Å²) in [5.41, 5.74) is 2.39. The zero-order valence-corrected chi connectivity index (χ0v) is 12.7. The minimum atomic E-state index is -0.0175. The average Bonchev–Trinajstić information content (AvgIpc) is 2.84. The van der Waals surface area contributed by atoms with E-state index in [1.807, 2.05) is 18.2 Å². The normalized spacial score (nSPS) is 26.0. The fourth-order valence-corrected chi connectivity index (χ4v) is 2.86. The molecule has 0 unspecified atom stereocenters. The minimum absolute atomic E-state index is 0.0175. The lowest BCUT2D eigenvalue weighted by Crippen LogP contribution is -2.27. The smallest absolute Gasteiger partial charge is 0.137 e. The number of methoxy groups -OCH3 is 1. The highest BCUT2D eigenvalue weighted by Crippen LogP contribution is 2.41. The van der Waals surface area contributed by atoms with Crippen molar-refractivity contribution in [2.24, 2.45) is 0 Å². The molecule has 0 bridgehead atoms. The summed E-state index contributed by atoms with van der Waals surface area (Å²) in [5, 5.41) is 0. The van der Waals surface area contributed by atoms with E-state index in [9.17, 15) is 0 Å². The van der Waals surface area contributed by atoms with Gasteiger partial charge in [0.1, 0.15) is 18.1 Å². The summed E-state index contributed by atoms with van der Waals surface area (Å²) in [6.07, 6.45) is 0.0828. The maximum atomic E-state index is 6.32. The van der Waals surface area contributed by atoms with E-state index in [2.05, 4.69) is 55.3 Å². The van der Waals surface area contributed by atoms with Crippen LogP contribution in [0.1, 0.15) is 30.4 Å². The van der Waals surface area contributed by atoms with Gasteiger partial charge < -0.3 is 9.47 Å². The first-order valence-corrected chi connectivity index (χ1v) is 7.27. The lowest BCUT2D eigenvalue weighted by molar-refractivity contribution is 0.00558. The van der Waals surface area contributed by atoms with Crippen molar-refractivity contribution in [1.29, 1.82) is 0 Å². The molecule has 3 rings (SSSR count). The van der Waals surface area contributed by atoms with Crippen molar-refractivity contribution < 1.29 is 9.47 Å². The van der Waals surface area contributed by atoms with Gasteiger partial charge in [-0.2, -0.15) is 0 Å². The Morgan fingerprint density at radius 3 is 2.24 bits per heavy atom. The number of hydrogen-bond donors (Lipinski definition) is 0. The van der Waals surface area contributed by atoms with E-state index >= 15 is 0 Å². The van der Waals surface area contributed by atoms with Crippen molar-refractivity contribution in [3.05, 3.63) is 65.7 Å². The molecule has 2 aromatic rings. The zero-order chi connectivity index (χ0) is 14.8. The number of hydrogen-bond acceptors (Lipinski definition) is 3. The molecule has 1 saturated heterocycles. The number of likely N-dealkylation sites (N-methyl/N-ethyl adjacent to an activating group) is 1. The predicted molar refractivity (Wildman–Crippen MR) is 83.2 cm³/mol. The minimum Gasteiger partial charge on any atom is -0.497 e. The first-order valence-electron chi connectivity index (χ1n) is 7.27. The van der Waals surface area contributed by atoms with Crippen LogP contribution in [0.5, 0.6) is 5.75 Å². The van der Waals surface area contributed by atoms with Crippen molar-refractivity contribution in [3.8, 4) is 5.75 Å². The van der Waals surface area contributed by atoms with E-state index in [1.54, 1.807) is 7.11 Å². The maximum Gasteiger partial charge on any atom is 0.137 e. The molecule has 0 saturated carbocycles. The molecule has 3 atom stereocenters. The van der Waals surface area contributed by atoms with Crippen molar-refractivity contribution in [1.82, 2.24) is 4.90 Å². The third-order valence-corrected chi connectivity index (χ3v) is 4.26. The Balaban J connectivity index is 1.84. The van der Waals surface area contributed by atoms with Crippen LogP contribution in [-0.2, 0) is 4.74 Å². The van der Waals surface area contributed by atoms with Crippen LogP contribution in [0.15, 0.2) is 54.6 Å². The van der Waals surface area contributed by atoms with Gasteiger partial charge in [0.25, 0.3) is 0 Å². The van der Waals surface area contributed by atoms with Crippen LogP contribution >= 0.6 is 0 Å². The Hall–Kier alpha value is -1.84. The largest absolute Gasteiger partial charge is 0.497 e. The summed E-state index contributed by atoms with van der Waals surface area (Å²) >= 11 is 0. The van der Waals surface area contributed by atoms with Gasteiger partial charge in [-0.25, -0.2) is 0 Å². The molecule has 0 aromatic heterocycles. The molecule has 2 aromatic carbocycles. The fraction of sp³-hybridized carbons (Fsp3) is 0.333. The number of ether oxygens (including phenoxy) is 2. The molecule has 0 spiro atoms. The van der Waals surface area contributed by atoms with Gasteiger partial charge in [0.2, 0.25) is 0 Å². The molecule has 21 heavy (non-hydrogen) atoms. The Morgan fingerprint density at radius 1 is 0.952 bits per heavy atom. The monoisotopic (exact) mass is 283 g/mol. The van der Waals surface area contributed by atoms with Crippen LogP contribution in [0.2, 0.25) is 0 Å². The molecular formula is C18H21NO2. The molecule has 0 amide bonds. The molecule has 110 valence electrons. The zero-order valence-electron chi connectivity index (χ0n) is 12.7. The summed E-state index contributed by atoms with van der Waals surface area (Å²) in [7, 11) is 3.79. The summed E-state index contributed by atoms with van der Waals surface area (Å²) < 4.78 is 11.5. The highest BCUT2D eigenvalue weighted by Gasteiger charge is 2.38. The Labute approximate surface area is 126 Å². The average molecular weight is 283 g/mol. The van der Waals surface area contributed by atoms with Crippen molar-refractivity contribution >= 4 is 0 Å². The van der Waals surface area contributed by atoms with Gasteiger partial charge in [-0.15, -0.1) is 0 Å². The topological polar surface area (TPSA) is 21.7 Å². The van der Waals surface area contributed by atoms with Crippen LogP contribution in [0, 0.1) is 0 Å². The van der Waals surface area contributed by atoms with Crippen molar-refractivity contribution in [3.63, 3.8) is 0 Å². The molecule has 0 radical (unpaired) electrons. The third-order valence-electron chi connectivity index (χ3n) is 4.26. The molecular weight excluding hydrogens is 262 g/mol. The summed E-state index contributed by atoms with van der Waals surface area (Å²) in [5.74, 6) is 0.868. The van der Waals surface area contributed by atoms with Gasteiger partial charge >= 0.3 is 0 Å². The number of benzene rings is 2. The quantitative estimate of drug-likeness (QED) is 0.855. The van der Waals surface area contributed by atoms with Crippen LogP contribution in [0.25, 0.3) is 0 Å². The molecule has 1 aliphatic rings. The molecule has 1 fully saturated rings. The highest BCUT2D eigenvalue weighted by molar-refractivity contribution is 5.29. The van der Waals surface area contributed by atoms with Gasteiger partial charge in [0.15, 0.2) is 0 Å². The Morgan fingerprint density at radius 2 is 1.62 bits per heavy atom. The van der Waals surface area contributed by atoms with E-state index in [1.165, 1.54) is 5.56 Å². The highest BCUT2D eigenvalue weighted by atomic mass is 16.5. The molecule has 1 aliphatic heterocycles. The second-order valence-electron chi connectivity index (χ2n) is 5.50. The lowest BCUT2D eigenvalue weighted by Gasteiger charge is -2.21. The second kappa shape index (κ2) is 5.88. The number of nitrogens with zero attached hydrogens (tertiary/aromatic N) is 1. The van der Waals surface area contributed by atoms with Crippen LogP contribution in [0.4, 0.5) is 0 Å². The maximum absolute atomic E-state index is 6.32. The Bertz CT molecular complexity index is 582. The van der Waals surface area contributed by atoms with Crippen molar-refractivity contribution in [2.45, 2.75) is 25.3 Å². The van der Waals surface area contributed by atoms with E-state index in [-0.39, 0.29) is 12.3 Å². The first kappa shape index (κ1) is 14.1. The number of rotatable bonds is 3. The molecule has 1 heterocycles. The van der Waals surface area contributed by atoms with Crippen LogP contribution < -0.4 is 4.74 Å². The Kier molecular flexibility index (Phi) is 3.95. The van der Waals surface area contributed by atoms with Crippen molar-refractivity contribution in [2.75, 3.05) is 14.2 Å². The molecule has 0 aliphatic carbocycles. The standard InChI is InChI=1S/C18H21NO2/c1-13-17(14-7-5-4-6-8-14)21-18(19(13)2)15-9-11-16(20-3)12-10-15/h4-13,17-18H,1-3H3/t13-,17-,18+/m0/s1. The summed E-state index contributed by atoms with van der Waals surface area (Å²) in [4.78, 5) is 2.28. The molecule has 3 nitrogen and oxygen atoms in total. The van der Waals surface area contributed by atoms with E-state index < -0.39 is 0 Å². The first-order chi connectivity index (χ1) is 10.2. The SMILES string of the molecule is COc1ccc([C@H]2O[C@H](c3ccccc3)[C@H](C)N2C)cc1. The van der Waals surface area contributed by atoms with E-state index in [0.29, 0.717) is 6.04 Å². The molecule has 0 N–H and O–H groups in total. The van der Waals surface area contributed by atoms with Crippen LogP contribution in [-0.4, -0.2) is 25.1 Å². The van der Waals surface area contributed by atoms with Gasteiger partial charge in [-0.3, -0.25) is 4.90 Å². The second-order valence-corrected chi connectivity index (χ2v) is 5.50. The van der Waals surface area contributed by atoms with Gasteiger partial charge in [-0.1, -0.05) is 42.5 Å². The molecule has 3 heteroatoms. The lowest BCUT2D eigenvalue weighted by atomic mass is 10.0. The van der Waals surface area contributed by atoms with Gasteiger partial charge in [-0.05, 0) is 37.2 Å². The predicted octanol–water partition coefficient (Wildman–Crippen LogP) is 3.79. The van der Waals surface area contributed by atoms with E-state index in [4.69, 9.17) is 9.47 Å².